The van der Waals surface area contributed by atoms with Crippen LogP contribution in [0.3, 0.4) is 0 Å². The number of esters is 2. The van der Waals surface area contributed by atoms with Gasteiger partial charge in [0.1, 0.15) is 44.2 Å². The van der Waals surface area contributed by atoms with E-state index in [1.807, 2.05) is 0 Å². The van der Waals surface area contributed by atoms with Crippen molar-refractivity contribution in [3.05, 3.63) is 24.3 Å². The number of alkyl carbamates (subject to hydrolysis) is 2. The van der Waals surface area contributed by atoms with E-state index >= 15 is 0 Å². The van der Waals surface area contributed by atoms with E-state index in [0.717, 1.165) is 25.7 Å². The maximum atomic E-state index is 12.7. The van der Waals surface area contributed by atoms with Gasteiger partial charge in [0.15, 0.2) is 0 Å². The molecule has 1 saturated heterocycles. The summed E-state index contributed by atoms with van der Waals surface area (Å²) >= 11 is 0. The highest BCUT2D eigenvalue weighted by molar-refractivity contribution is 5.87. The van der Waals surface area contributed by atoms with E-state index in [0.29, 0.717) is 6.42 Å². The van der Waals surface area contributed by atoms with Crippen LogP contribution in [0.15, 0.2) is 24.3 Å². The predicted octanol–water partition coefficient (Wildman–Crippen LogP) is 2.53. The van der Waals surface area contributed by atoms with Gasteiger partial charge in [-0.3, -0.25) is 4.79 Å². The minimum Gasteiger partial charge on any atom is -0.460 e. The fourth-order valence-corrected chi connectivity index (χ4v) is 4.37. The van der Waals surface area contributed by atoms with Crippen molar-refractivity contribution in [3.63, 3.8) is 0 Å². The van der Waals surface area contributed by atoms with Crippen molar-refractivity contribution in [2.45, 2.75) is 116 Å². The van der Waals surface area contributed by atoms with Gasteiger partial charge in [0, 0.05) is 17.6 Å². The summed E-state index contributed by atoms with van der Waals surface area (Å²) in [5.41, 5.74) is 0.383. The van der Waals surface area contributed by atoms with Crippen LogP contribution in [-0.2, 0) is 38.1 Å². The minimum absolute atomic E-state index is 0.0742. The Bertz CT molecular complexity index is 1040. The molecule has 0 spiro atoms. The van der Waals surface area contributed by atoms with Crippen LogP contribution in [0.2, 0.25) is 0 Å². The van der Waals surface area contributed by atoms with Gasteiger partial charge in [0.2, 0.25) is 12.2 Å². The van der Waals surface area contributed by atoms with E-state index in [1.165, 1.54) is 39.5 Å². The SMILES string of the molecule is C=C(C)C(=O)OCCNC(=O)OCC1O[C@@H](OC(=O)NCCOC(=O)C(=C)C)[C@@H](NC(=O)CCCCCCCCCCC)C(O)[C@@H]1O. The molecule has 1 fully saturated rings. The maximum Gasteiger partial charge on any atom is 0.409 e. The zero-order valence-electron chi connectivity index (χ0n) is 27.9. The molecule has 47 heavy (non-hydrogen) atoms. The van der Waals surface area contributed by atoms with Crippen LogP contribution in [0.4, 0.5) is 9.59 Å². The lowest BCUT2D eigenvalue weighted by Gasteiger charge is -2.42. The van der Waals surface area contributed by atoms with Gasteiger partial charge < -0.3 is 49.8 Å². The van der Waals surface area contributed by atoms with Gasteiger partial charge in [0.05, 0.1) is 13.1 Å². The molecular formula is C32H53N3O12. The van der Waals surface area contributed by atoms with Crippen LogP contribution in [0.25, 0.3) is 0 Å². The van der Waals surface area contributed by atoms with Gasteiger partial charge in [0.25, 0.3) is 0 Å². The normalized spacial score (nSPS) is 20.3. The van der Waals surface area contributed by atoms with Crippen LogP contribution in [0.1, 0.15) is 85.0 Å². The molecule has 15 heteroatoms. The molecule has 2 unspecified atom stereocenters. The van der Waals surface area contributed by atoms with Gasteiger partial charge in [-0.1, -0.05) is 71.4 Å². The molecule has 0 radical (unpaired) electrons. The second kappa shape index (κ2) is 23.6. The lowest BCUT2D eigenvalue weighted by Crippen LogP contribution is -2.65. The first-order valence-electron chi connectivity index (χ1n) is 16.2. The van der Waals surface area contributed by atoms with Crippen molar-refractivity contribution in [2.24, 2.45) is 0 Å². The van der Waals surface area contributed by atoms with Crippen molar-refractivity contribution < 1.29 is 57.9 Å². The van der Waals surface area contributed by atoms with Crippen LogP contribution < -0.4 is 16.0 Å². The number of hydrogen-bond acceptors (Lipinski definition) is 12. The number of unbranched alkanes of at least 4 members (excludes halogenated alkanes) is 8. The number of aliphatic hydroxyl groups is 2. The molecule has 1 aliphatic rings. The maximum absolute atomic E-state index is 12.7. The summed E-state index contributed by atoms with van der Waals surface area (Å²) in [6, 6.07) is -1.35. The van der Waals surface area contributed by atoms with Crippen molar-refractivity contribution in [3.8, 4) is 0 Å². The van der Waals surface area contributed by atoms with Gasteiger partial charge in [-0.25, -0.2) is 19.2 Å². The number of amides is 3. The van der Waals surface area contributed by atoms with Crippen LogP contribution in [-0.4, -0.2) is 104 Å². The molecule has 1 aliphatic heterocycles. The fraction of sp³-hybridized carbons (Fsp3) is 0.719. The Morgan fingerprint density at radius 3 is 1.77 bits per heavy atom. The van der Waals surface area contributed by atoms with Crippen LogP contribution >= 0.6 is 0 Å². The van der Waals surface area contributed by atoms with Crippen LogP contribution in [0.5, 0.6) is 0 Å². The van der Waals surface area contributed by atoms with Gasteiger partial charge in [-0.05, 0) is 20.3 Å². The molecule has 0 aliphatic carbocycles. The Balaban J connectivity index is 2.71. The summed E-state index contributed by atoms with van der Waals surface area (Å²) in [5, 5.41) is 28.9. The number of aliphatic hydroxyl groups excluding tert-OH is 2. The molecule has 268 valence electrons. The van der Waals surface area contributed by atoms with Crippen molar-refractivity contribution in [1.82, 2.24) is 16.0 Å². The molecular weight excluding hydrogens is 618 g/mol. The molecule has 0 aromatic heterocycles. The molecule has 15 nitrogen and oxygen atoms in total. The zero-order valence-corrected chi connectivity index (χ0v) is 27.9. The fourth-order valence-electron chi connectivity index (χ4n) is 4.37. The predicted molar refractivity (Wildman–Crippen MR) is 170 cm³/mol. The Labute approximate surface area is 276 Å². The highest BCUT2D eigenvalue weighted by Crippen LogP contribution is 2.23. The van der Waals surface area contributed by atoms with E-state index in [4.69, 9.17) is 23.7 Å². The molecule has 1 rings (SSSR count). The third-order valence-corrected chi connectivity index (χ3v) is 7.04. The van der Waals surface area contributed by atoms with E-state index in [9.17, 15) is 34.2 Å². The highest BCUT2D eigenvalue weighted by atomic mass is 16.7. The Hall–Kier alpha value is -3.69. The first-order valence-corrected chi connectivity index (χ1v) is 16.2. The molecule has 0 aromatic rings. The van der Waals surface area contributed by atoms with Crippen molar-refractivity contribution >= 4 is 30.0 Å². The average molecular weight is 672 g/mol. The topological polar surface area (TPSA) is 208 Å². The number of carbonyl (C=O) groups excluding carboxylic acids is 5. The Kier molecular flexibility index (Phi) is 20.8. The molecule has 3 amide bonds. The quantitative estimate of drug-likeness (QED) is 0.0487. The Morgan fingerprint density at radius 1 is 0.723 bits per heavy atom. The van der Waals surface area contributed by atoms with Crippen LogP contribution in [0, 0.1) is 0 Å². The van der Waals surface area contributed by atoms with Gasteiger partial charge >= 0.3 is 24.1 Å². The lowest BCUT2D eigenvalue weighted by atomic mass is 9.96. The largest absolute Gasteiger partial charge is 0.460 e. The van der Waals surface area contributed by atoms with E-state index in [-0.39, 0.29) is 43.9 Å². The highest BCUT2D eigenvalue weighted by Gasteiger charge is 2.47. The first-order chi connectivity index (χ1) is 22.4. The average Bonchev–Trinajstić information content (AvgIpc) is 3.02. The summed E-state index contributed by atoms with van der Waals surface area (Å²) in [7, 11) is 0. The zero-order chi connectivity index (χ0) is 35.2. The van der Waals surface area contributed by atoms with E-state index in [2.05, 4.69) is 36.0 Å². The standard InChI is InChI=1S/C32H53N3O12/c1-6-7-8-9-10-11-12-13-14-15-24(36)35-25-27(38)26(37)23(20-45-31(41)33-16-18-43-28(39)21(2)3)46-30(25)47-32(42)34-17-19-44-29(40)22(4)5/h23,25-27,30,37-38H,2,4,6-20H2,1,3,5H3,(H,33,41)(H,34,42)(H,35,36)/t23?,25-,26+,27?,30-/m0/s1. The summed E-state index contributed by atoms with van der Waals surface area (Å²) in [5.74, 6) is -1.69. The number of carbonyl (C=O) groups is 5. The third-order valence-electron chi connectivity index (χ3n) is 7.04. The monoisotopic (exact) mass is 671 g/mol. The number of rotatable bonds is 22. The number of hydrogen-bond donors (Lipinski definition) is 5. The first kappa shape index (κ1) is 41.3. The second-order valence-corrected chi connectivity index (χ2v) is 11.4. The Morgan fingerprint density at radius 2 is 1.23 bits per heavy atom. The molecule has 5 N–H and O–H groups in total. The molecule has 1 heterocycles. The smallest absolute Gasteiger partial charge is 0.409 e. The summed E-state index contributed by atoms with van der Waals surface area (Å²) in [6.07, 6.45) is 1.53. The second-order valence-electron chi connectivity index (χ2n) is 11.4. The molecule has 0 bridgehead atoms. The number of nitrogens with one attached hydrogen (secondary N) is 3. The lowest BCUT2D eigenvalue weighted by molar-refractivity contribution is -0.252. The molecule has 0 saturated carbocycles. The van der Waals surface area contributed by atoms with E-state index in [1.54, 1.807) is 0 Å². The molecule has 5 atom stereocenters. The molecule has 0 aromatic carbocycles. The third kappa shape index (κ3) is 17.7. The minimum atomic E-state index is -1.66. The summed E-state index contributed by atoms with van der Waals surface area (Å²) in [4.78, 5) is 60.3. The van der Waals surface area contributed by atoms with E-state index < -0.39 is 67.3 Å². The van der Waals surface area contributed by atoms with Crippen molar-refractivity contribution in [2.75, 3.05) is 32.9 Å². The van der Waals surface area contributed by atoms with Gasteiger partial charge in [-0.2, -0.15) is 0 Å². The summed E-state index contributed by atoms with van der Waals surface area (Å²) in [6.45, 7) is 11.0. The summed E-state index contributed by atoms with van der Waals surface area (Å²) < 4.78 is 25.8. The number of ether oxygens (including phenoxy) is 5. The van der Waals surface area contributed by atoms with Gasteiger partial charge in [-0.15, -0.1) is 0 Å². The van der Waals surface area contributed by atoms with Crippen molar-refractivity contribution in [1.29, 1.82) is 0 Å².